The van der Waals surface area contributed by atoms with E-state index >= 15 is 0 Å². The minimum atomic E-state index is -1.23. The first kappa shape index (κ1) is 47.4. The topological polar surface area (TPSA) is 212 Å². The van der Waals surface area contributed by atoms with Crippen LogP contribution in [0.3, 0.4) is 0 Å². The van der Waals surface area contributed by atoms with Crippen molar-refractivity contribution in [3.05, 3.63) is 143 Å². The minimum Gasteiger partial charge on any atom is -0.445 e. The van der Waals surface area contributed by atoms with Crippen molar-refractivity contribution >= 4 is 35.8 Å². The number of carbonyl (C=O) groups excluding carboxylic acids is 6. The van der Waals surface area contributed by atoms with Gasteiger partial charge in [0.15, 0.2) is 0 Å². The number of carbonyl (C=O) groups is 6. The van der Waals surface area contributed by atoms with Crippen LogP contribution in [0.25, 0.3) is 0 Å². The Bertz CT molecular complexity index is 2190. The summed E-state index contributed by atoms with van der Waals surface area (Å²) in [5.74, 6) is 9.37. The number of rotatable bonds is 6. The zero-order valence-electron chi connectivity index (χ0n) is 35.4. The first-order valence-corrected chi connectivity index (χ1v) is 20.4. The lowest BCUT2D eigenvalue weighted by Crippen LogP contribution is -2.54. The predicted molar refractivity (Wildman–Crippen MR) is 234 cm³/mol. The molecule has 4 aromatic rings. The molecule has 5 rings (SSSR count). The van der Waals surface area contributed by atoms with Crippen molar-refractivity contribution in [1.82, 2.24) is 31.9 Å². The Morgan fingerprint density at radius 3 is 1.39 bits per heavy atom. The van der Waals surface area contributed by atoms with Crippen LogP contribution in [0.5, 0.6) is 0 Å². The molecule has 4 aromatic carbocycles. The second kappa shape index (κ2) is 25.3. The van der Waals surface area contributed by atoms with Crippen LogP contribution >= 0.6 is 0 Å². The molecule has 4 bridgehead atoms. The third-order valence-corrected chi connectivity index (χ3v) is 9.32. The van der Waals surface area contributed by atoms with Crippen molar-refractivity contribution in [3.63, 3.8) is 0 Å². The highest BCUT2D eigenvalue weighted by atomic mass is 16.6. The van der Waals surface area contributed by atoms with Crippen LogP contribution in [0.15, 0.2) is 109 Å². The first-order chi connectivity index (χ1) is 31.0. The van der Waals surface area contributed by atoms with Gasteiger partial charge in [-0.15, -0.1) is 0 Å². The standard InChI is InChI=1S/C48H50N6O10/c1-33-43(55)49-27-39-19-9-17-35(25-39)21-12-24-62-32-42(54-48(60)64-30-38-15-7-4-8-16-38)46(58)52-34(2)44(56)50-28-40-20-10-18-36(26-40)22-11-23-61-31-41(45(57)51-33)53-47(59)63-29-37-13-5-3-6-14-37/h3-10,13-20,25-26,33-34,41-42H,23-24,27-32H2,1-2H3,(H,49,55)(H,50,56)(H,51,57)(H,52,58)(H,53,59)(H,54,60)/t33-,34-,41-,42+/m1/s1. The summed E-state index contributed by atoms with van der Waals surface area (Å²) in [5.41, 5.74) is 4.15. The second-order valence-corrected chi connectivity index (χ2v) is 14.4. The molecule has 6 amide bonds. The SMILES string of the molecule is C[C@H]1NC(=O)[C@@H](NC(=O)OCc2ccccc2)COCC#Cc2cccc(c2)CNC(=O)[C@@H](C)NC(=O)[C@H](NC(=O)OCc2ccccc2)COCC#Cc2cccc(c2)CNC1=O. The number of hydrogen-bond acceptors (Lipinski definition) is 10. The molecule has 1 aliphatic heterocycles. The summed E-state index contributed by atoms with van der Waals surface area (Å²) < 4.78 is 22.0. The molecule has 1 aliphatic rings. The lowest BCUT2D eigenvalue weighted by Gasteiger charge is -2.21. The summed E-state index contributed by atoms with van der Waals surface area (Å²) in [6.07, 6.45) is -1.72. The van der Waals surface area contributed by atoms with Gasteiger partial charge in [-0.3, -0.25) is 19.2 Å². The molecule has 16 heteroatoms. The molecule has 0 saturated carbocycles. The van der Waals surface area contributed by atoms with E-state index in [0.29, 0.717) is 22.3 Å². The van der Waals surface area contributed by atoms with Crippen LogP contribution in [-0.2, 0) is 64.4 Å². The van der Waals surface area contributed by atoms with Gasteiger partial charge >= 0.3 is 12.2 Å². The Kier molecular flexibility index (Phi) is 18.7. The summed E-state index contributed by atoms with van der Waals surface area (Å²) in [5, 5.41) is 15.9. The summed E-state index contributed by atoms with van der Waals surface area (Å²) in [7, 11) is 0. The van der Waals surface area contributed by atoms with Crippen molar-refractivity contribution in [1.29, 1.82) is 0 Å². The molecule has 0 aliphatic carbocycles. The molecule has 0 radical (unpaired) electrons. The van der Waals surface area contributed by atoms with Crippen molar-refractivity contribution in [2.24, 2.45) is 0 Å². The van der Waals surface area contributed by atoms with Crippen LogP contribution in [0.2, 0.25) is 0 Å². The number of amides is 6. The molecule has 0 spiro atoms. The van der Waals surface area contributed by atoms with Gasteiger partial charge in [0.05, 0.1) is 13.2 Å². The van der Waals surface area contributed by atoms with Crippen molar-refractivity contribution in [3.8, 4) is 23.7 Å². The van der Waals surface area contributed by atoms with Gasteiger partial charge in [-0.1, -0.05) is 109 Å². The molecule has 16 nitrogen and oxygen atoms in total. The molecule has 6 N–H and O–H groups in total. The number of nitrogens with one attached hydrogen (secondary N) is 6. The third kappa shape index (κ3) is 16.7. The van der Waals surface area contributed by atoms with Crippen LogP contribution in [0, 0.1) is 23.7 Å². The lowest BCUT2D eigenvalue weighted by atomic mass is 10.1. The average molecular weight is 871 g/mol. The van der Waals surface area contributed by atoms with Crippen molar-refractivity contribution in [2.45, 2.75) is 64.3 Å². The van der Waals surface area contributed by atoms with Gasteiger partial charge < -0.3 is 50.8 Å². The molecule has 1 heterocycles. The fourth-order valence-electron chi connectivity index (χ4n) is 5.87. The van der Waals surface area contributed by atoms with E-state index in [1.54, 1.807) is 97.1 Å². The predicted octanol–water partition coefficient (Wildman–Crippen LogP) is 2.97. The fourth-order valence-corrected chi connectivity index (χ4v) is 5.87. The van der Waals surface area contributed by atoms with E-state index < -0.39 is 60.0 Å². The number of fused-ring (bicyclic) bond motifs is 4. The summed E-state index contributed by atoms with van der Waals surface area (Å²) in [4.78, 5) is 78.5. The highest BCUT2D eigenvalue weighted by Crippen LogP contribution is 2.07. The Hall–Kier alpha value is -7.66. The Morgan fingerprint density at radius 2 is 0.984 bits per heavy atom. The number of ether oxygens (including phenoxy) is 4. The van der Waals surface area contributed by atoms with E-state index in [1.807, 2.05) is 12.1 Å². The zero-order valence-corrected chi connectivity index (χ0v) is 35.4. The molecule has 0 saturated heterocycles. The van der Waals surface area contributed by atoms with E-state index in [9.17, 15) is 28.8 Å². The van der Waals surface area contributed by atoms with Gasteiger partial charge in [0, 0.05) is 24.2 Å². The van der Waals surface area contributed by atoms with Crippen molar-refractivity contribution < 1.29 is 47.7 Å². The summed E-state index contributed by atoms with van der Waals surface area (Å²) >= 11 is 0. The highest BCUT2D eigenvalue weighted by Gasteiger charge is 2.27. The van der Waals surface area contributed by atoms with Crippen LogP contribution in [0.4, 0.5) is 9.59 Å². The lowest BCUT2D eigenvalue weighted by molar-refractivity contribution is -0.130. The van der Waals surface area contributed by atoms with Crippen LogP contribution in [0.1, 0.15) is 47.2 Å². The third-order valence-electron chi connectivity index (χ3n) is 9.32. The normalized spacial score (nSPS) is 19.2. The quantitative estimate of drug-likeness (QED) is 0.156. The largest absolute Gasteiger partial charge is 0.445 e. The first-order valence-electron chi connectivity index (χ1n) is 20.4. The maximum absolute atomic E-state index is 13.4. The maximum atomic E-state index is 13.4. The zero-order chi connectivity index (χ0) is 45.5. The monoisotopic (exact) mass is 870 g/mol. The molecule has 0 fully saturated rings. The Labute approximate surface area is 371 Å². The van der Waals surface area contributed by atoms with E-state index in [0.717, 1.165) is 11.1 Å². The number of alkyl carbamates (subject to hydrolysis) is 2. The molecule has 0 aromatic heterocycles. The molecule has 4 atom stereocenters. The van der Waals surface area contributed by atoms with Gasteiger partial charge in [0.1, 0.15) is 50.6 Å². The van der Waals surface area contributed by atoms with Gasteiger partial charge in [-0.25, -0.2) is 9.59 Å². The van der Waals surface area contributed by atoms with Crippen molar-refractivity contribution in [2.75, 3.05) is 26.4 Å². The van der Waals surface area contributed by atoms with E-state index in [-0.39, 0.29) is 52.7 Å². The maximum Gasteiger partial charge on any atom is 0.408 e. The Balaban J connectivity index is 1.28. The van der Waals surface area contributed by atoms with Crippen LogP contribution in [-0.4, -0.2) is 86.4 Å². The molecule has 64 heavy (non-hydrogen) atoms. The number of benzene rings is 4. The number of hydrogen-bond donors (Lipinski definition) is 6. The molecular formula is C48H50N6O10. The van der Waals surface area contributed by atoms with Gasteiger partial charge in [-0.05, 0) is 60.4 Å². The Morgan fingerprint density at radius 1 is 0.578 bits per heavy atom. The fraction of sp³-hybridized carbons (Fsp3) is 0.292. The molecular weight excluding hydrogens is 821 g/mol. The van der Waals surface area contributed by atoms with Gasteiger partial charge in [0.2, 0.25) is 23.6 Å². The molecule has 332 valence electrons. The highest BCUT2D eigenvalue weighted by molar-refractivity contribution is 5.92. The van der Waals surface area contributed by atoms with E-state index in [1.165, 1.54) is 13.8 Å². The van der Waals surface area contributed by atoms with Gasteiger partial charge in [-0.2, -0.15) is 0 Å². The van der Waals surface area contributed by atoms with Gasteiger partial charge in [0.25, 0.3) is 0 Å². The minimum absolute atomic E-state index is 0.0290. The molecule has 0 unspecified atom stereocenters. The van der Waals surface area contributed by atoms with Crippen LogP contribution < -0.4 is 31.9 Å². The van der Waals surface area contributed by atoms with E-state index in [2.05, 4.69) is 55.6 Å². The summed E-state index contributed by atoms with van der Waals surface area (Å²) in [6.45, 7) is 2.37. The average Bonchev–Trinajstić information content (AvgIpc) is 3.30. The summed E-state index contributed by atoms with van der Waals surface area (Å²) in [6, 6.07) is 27.7. The smallest absolute Gasteiger partial charge is 0.408 e. The second-order valence-electron chi connectivity index (χ2n) is 14.4. The van der Waals surface area contributed by atoms with E-state index in [4.69, 9.17) is 18.9 Å².